The fourth-order valence-corrected chi connectivity index (χ4v) is 1.58. The number of hydrogen-bond acceptors (Lipinski definition) is 3. The van der Waals surface area contributed by atoms with Gasteiger partial charge in [0.15, 0.2) is 6.10 Å². The van der Waals surface area contributed by atoms with E-state index in [0.717, 1.165) is 0 Å². The maximum atomic E-state index is 12.1. The van der Waals surface area contributed by atoms with Crippen molar-refractivity contribution in [1.29, 1.82) is 0 Å². The molecule has 0 spiro atoms. The average molecular weight is 329 g/mol. The van der Waals surface area contributed by atoms with Gasteiger partial charge in [-0.15, -0.1) is 0 Å². The molecule has 7 heteroatoms. The van der Waals surface area contributed by atoms with E-state index in [1.54, 1.807) is 6.07 Å². The minimum absolute atomic E-state index is 0.0997. The Morgan fingerprint density at radius 3 is 2.44 bits per heavy atom. The molecule has 18 heavy (non-hydrogen) atoms. The van der Waals surface area contributed by atoms with Crippen molar-refractivity contribution in [2.75, 3.05) is 6.61 Å². The highest BCUT2D eigenvalue weighted by atomic mass is 79.9. The summed E-state index contributed by atoms with van der Waals surface area (Å²) in [6.45, 7) is 0.552. The molecule has 0 aliphatic heterocycles. The molecule has 0 aliphatic rings. The van der Waals surface area contributed by atoms with Crippen LogP contribution in [0.3, 0.4) is 0 Å². The Bertz CT molecular complexity index is 407. The first kappa shape index (κ1) is 15.3. The van der Waals surface area contributed by atoms with Crippen molar-refractivity contribution in [2.24, 2.45) is 0 Å². The van der Waals surface area contributed by atoms with E-state index >= 15 is 0 Å². The summed E-state index contributed by atoms with van der Waals surface area (Å²) in [7, 11) is 0. The van der Waals surface area contributed by atoms with Gasteiger partial charge in [-0.25, -0.2) is 0 Å². The largest absolute Gasteiger partial charge is 0.490 e. The molecule has 1 aromatic carbocycles. The van der Waals surface area contributed by atoms with Crippen LogP contribution in [0, 0.1) is 0 Å². The third-order valence-electron chi connectivity index (χ3n) is 2.20. The Morgan fingerprint density at radius 1 is 1.33 bits per heavy atom. The van der Waals surface area contributed by atoms with Gasteiger partial charge in [-0.2, -0.15) is 13.2 Å². The summed E-state index contributed by atoms with van der Waals surface area (Å²) in [6.07, 6.45) is -8.16. The van der Waals surface area contributed by atoms with Crippen LogP contribution in [-0.2, 0) is 0 Å². The van der Waals surface area contributed by atoms with Crippen molar-refractivity contribution in [3.63, 3.8) is 0 Å². The molecule has 0 radical (unpaired) electrons. The Morgan fingerprint density at radius 2 is 1.94 bits per heavy atom. The monoisotopic (exact) mass is 328 g/mol. The van der Waals surface area contributed by atoms with Crippen LogP contribution in [0.1, 0.15) is 18.6 Å². The highest BCUT2D eigenvalue weighted by Crippen LogP contribution is 2.29. The first-order chi connectivity index (χ1) is 8.21. The van der Waals surface area contributed by atoms with Crippen LogP contribution in [-0.4, -0.2) is 29.1 Å². The van der Waals surface area contributed by atoms with Crippen LogP contribution in [0.4, 0.5) is 13.2 Å². The van der Waals surface area contributed by atoms with Crippen molar-refractivity contribution >= 4 is 15.9 Å². The minimum Gasteiger partial charge on any atom is -0.490 e. The molecule has 2 atom stereocenters. The molecule has 0 amide bonds. The van der Waals surface area contributed by atoms with Gasteiger partial charge in [0.1, 0.15) is 12.4 Å². The zero-order valence-electron chi connectivity index (χ0n) is 9.41. The second-order valence-corrected chi connectivity index (χ2v) is 4.64. The van der Waals surface area contributed by atoms with E-state index < -0.39 is 25.0 Å². The van der Waals surface area contributed by atoms with E-state index in [4.69, 9.17) is 9.84 Å². The Labute approximate surface area is 110 Å². The molecule has 1 aromatic rings. The molecule has 0 aromatic heterocycles. The van der Waals surface area contributed by atoms with Crippen LogP contribution < -0.4 is 4.74 Å². The number of ether oxygens (including phenoxy) is 1. The van der Waals surface area contributed by atoms with Gasteiger partial charge in [0.05, 0.1) is 6.10 Å². The highest BCUT2D eigenvalue weighted by Gasteiger charge is 2.38. The summed E-state index contributed by atoms with van der Waals surface area (Å²) in [5, 5.41) is 18.3. The Kier molecular flexibility index (Phi) is 5.01. The standard InChI is InChI=1S/C11H12BrF3O3/c1-6(16)8-3-2-7(12)4-9(8)18-5-10(17)11(13,14)15/h2-4,6,10,16-17H,5H2,1H3/t6-,10?/m0/s1. The van der Waals surface area contributed by atoms with Gasteiger partial charge in [0, 0.05) is 10.0 Å². The lowest BCUT2D eigenvalue weighted by atomic mass is 10.1. The number of aliphatic hydroxyl groups excluding tert-OH is 2. The van der Waals surface area contributed by atoms with Gasteiger partial charge in [-0.1, -0.05) is 22.0 Å². The third-order valence-corrected chi connectivity index (χ3v) is 2.69. The van der Waals surface area contributed by atoms with Gasteiger partial charge in [0.25, 0.3) is 0 Å². The van der Waals surface area contributed by atoms with Crippen molar-refractivity contribution in [1.82, 2.24) is 0 Å². The zero-order chi connectivity index (χ0) is 13.9. The molecule has 3 nitrogen and oxygen atoms in total. The topological polar surface area (TPSA) is 49.7 Å². The van der Waals surface area contributed by atoms with Gasteiger partial charge in [-0.05, 0) is 19.1 Å². The van der Waals surface area contributed by atoms with E-state index in [-0.39, 0.29) is 5.75 Å². The summed E-state index contributed by atoms with van der Waals surface area (Å²) < 4.78 is 41.8. The molecular formula is C11H12BrF3O3. The molecule has 0 aliphatic carbocycles. The van der Waals surface area contributed by atoms with Gasteiger partial charge < -0.3 is 14.9 Å². The highest BCUT2D eigenvalue weighted by molar-refractivity contribution is 9.10. The Balaban J connectivity index is 2.81. The molecular weight excluding hydrogens is 317 g/mol. The van der Waals surface area contributed by atoms with Gasteiger partial charge >= 0.3 is 6.18 Å². The van der Waals surface area contributed by atoms with E-state index in [0.29, 0.717) is 10.0 Å². The Hall–Kier alpha value is -0.790. The van der Waals surface area contributed by atoms with Crippen LogP contribution in [0.5, 0.6) is 5.75 Å². The van der Waals surface area contributed by atoms with Crippen LogP contribution in [0.2, 0.25) is 0 Å². The molecule has 0 saturated carbocycles. The first-order valence-electron chi connectivity index (χ1n) is 5.07. The third kappa shape index (κ3) is 4.15. The quantitative estimate of drug-likeness (QED) is 0.893. The molecule has 102 valence electrons. The van der Waals surface area contributed by atoms with Crippen molar-refractivity contribution < 1.29 is 28.1 Å². The minimum atomic E-state index is -4.73. The molecule has 0 saturated heterocycles. The SMILES string of the molecule is C[C@H](O)c1ccc(Br)cc1OCC(O)C(F)(F)F. The van der Waals surface area contributed by atoms with E-state index in [2.05, 4.69) is 15.9 Å². The van der Waals surface area contributed by atoms with Gasteiger partial charge in [0.2, 0.25) is 0 Å². The first-order valence-corrected chi connectivity index (χ1v) is 5.86. The zero-order valence-corrected chi connectivity index (χ0v) is 11.0. The number of benzene rings is 1. The smallest absolute Gasteiger partial charge is 0.417 e. The number of alkyl halides is 3. The van der Waals surface area contributed by atoms with Crippen LogP contribution in [0.15, 0.2) is 22.7 Å². The normalized spacial score (nSPS) is 15.3. The second-order valence-electron chi connectivity index (χ2n) is 3.73. The molecule has 0 heterocycles. The van der Waals surface area contributed by atoms with Crippen molar-refractivity contribution in [3.05, 3.63) is 28.2 Å². The fourth-order valence-electron chi connectivity index (χ4n) is 1.24. The van der Waals surface area contributed by atoms with Crippen molar-refractivity contribution in [2.45, 2.75) is 25.3 Å². The molecule has 1 rings (SSSR count). The van der Waals surface area contributed by atoms with Crippen LogP contribution >= 0.6 is 15.9 Å². The second kappa shape index (κ2) is 5.90. The van der Waals surface area contributed by atoms with E-state index in [1.807, 2.05) is 0 Å². The van der Waals surface area contributed by atoms with E-state index in [1.165, 1.54) is 19.1 Å². The maximum Gasteiger partial charge on any atom is 0.417 e. The predicted octanol–water partition coefficient (Wildman–Crippen LogP) is 2.80. The fraction of sp³-hybridized carbons (Fsp3) is 0.455. The molecule has 2 N–H and O–H groups in total. The summed E-state index contributed by atoms with van der Waals surface area (Å²) in [5.41, 5.74) is 0.354. The molecule has 0 fully saturated rings. The number of halogens is 4. The summed E-state index contributed by atoms with van der Waals surface area (Å²) in [4.78, 5) is 0. The maximum absolute atomic E-state index is 12.1. The average Bonchev–Trinajstić information content (AvgIpc) is 2.24. The number of aliphatic hydroxyl groups is 2. The summed E-state index contributed by atoms with van der Waals surface area (Å²) in [5.74, 6) is 0.0997. The summed E-state index contributed by atoms with van der Waals surface area (Å²) in [6, 6.07) is 4.60. The van der Waals surface area contributed by atoms with Crippen molar-refractivity contribution in [3.8, 4) is 5.75 Å². The van der Waals surface area contributed by atoms with E-state index in [9.17, 15) is 18.3 Å². The lowest BCUT2D eigenvalue weighted by Gasteiger charge is -2.18. The van der Waals surface area contributed by atoms with Gasteiger partial charge in [-0.3, -0.25) is 0 Å². The lowest BCUT2D eigenvalue weighted by Crippen LogP contribution is -2.34. The number of hydrogen-bond donors (Lipinski definition) is 2. The lowest BCUT2D eigenvalue weighted by molar-refractivity contribution is -0.210. The molecule has 0 bridgehead atoms. The number of rotatable bonds is 4. The molecule has 1 unspecified atom stereocenters. The summed E-state index contributed by atoms with van der Waals surface area (Å²) >= 11 is 3.15. The van der Waals surface area contributed by atoms with Crippen LogP contribution in [0.25, 0.3) is 0 Å². The predicted molar refractivity (Wildman–Crippen MR) is 62.3 cm³/mol.